The van der Waals surface area contributed by atoms with E-state index in [4.69, 9.17) is 9.47 Å². The van der Waals surface area contributed by atoms with Gasteiger partial charge in [-0.25, -0.2) is 14.4 Å². The van der Waals surface area contributed by atoms with Gasteiger partial charge in [-0.05, 0) is 92.4 Å². The Bertz CT molecular complexity index is 1350. The maximum absolute atomic E-state index is 13.2. The highest BCUT2D eigenvalue weighted by Crippen LogP contribution is 2.70. The fourth-order valence-electron chi connectivity index (χ4n) is 10.9. The summed E-state index contributed by atoms with van der Waals surface area (Å²) in [4.78, 5) is 41.1. The van der Waals surface area contributed by atoms with Crippen molar-refractivity contribution in [1.29, 1.82) is 0 Å². The van der Waals surface area contributed by atoms with Gasteiger partial charge in [0.2, 0.25) is 0 Å². The molecule has 0 radical (unpaired) electrons. The Balaban J connectivity index is 0.919. The standard InChI is InChI=1S/C37H51N3O6/c1-35-15-12-28(46-34(43)40-20-18-39(19-21-40)33(42)38-23-25-6-4-3-5-7-25)22-27(35)9-10-31-30(35)13-16-36(2)29(14-17-37(31,36)44)26-8-11-32(41)45-24-26/h3-8,11,26-31,44H,9-10,12-24H2,1-2H3,(H,38,42)/t26?,27-,28+,29-,30+,31-,35+,36-,37+/m1/s1. The number of carbonyl (C=O) groups excluding carboxylic acids is 3. The van der Waals surface area contributed by atoms with E-state index in [1.807, 2.05) is 36.4 Å². The summed E-state index contributed by atoms with van der Waals surface area (Å²) in [7, 11) is 0. The number of hydrogen-bond donors (Lipinski definition) is 2. The first-order chi connectivity index (χ1) is 22.1. The van der Waals surface area contributed by atoms with Gasteiger partial charge in [0.25, 0.3) is 0 Å². The van der Waals surface area contributed by atoms with E-state index in [1.54, 1.807) is 15.9 Å². The van der Waals surface area contributed by atoms with Crippen LogP contribution in [0, 0.1) is 40.4 Å². The highest BCUT2D eigenvalue weighted by atomic mass is 16.6. The predicted molar refractivity (Wildman–Crippen MR) is 172 cm³/mol. The molecule has 2 heterocycles. The number of rotatable bonds is 4. The third-order valence-corrected chi connectivity index (χ3v) is 13.7. The number of nitrogens with one attached hydrogen (secondary N) is 1. The molecule has 6 aliphatic rings. The van der Waals surface area contributed by atoms with Gasteiger partial charge >= 0.3 is 18.1 Å². The average molecular weight is 634 g/mol. The maximum Gasteiger partial charge on any atom is 0.410 e. The van der Waals surface area contributed by atoms with Crippen molar-refractivity contribution in [3.63, 3.8) is 0 Å². The second-order valence-electron chi connectivity index (χ2n) is 15.6. The number of benzene rings is 1. The van der Waals surface area contributed by atoms with E-state index in [0.717, 1.165) is 63.4 Å². The number of piperazine rings is 1. The molecule has 2 aliphatic heterocycles. The summed E-state index contributed by atoms with van der Waals surface area (Å²) in [6.45, 7) is 7.63. The number of fused-ring (bicyclic) bond motifs is 5. The highest BCUT2D eigenvalue weighted by molar-refractivity contribution is 5.82. The van der Waals surface area contributed by atoms with Crippen LogP contribution in [0.25, 0.3) is 0 Å². The zero-order valence-corrected chi connectivity index (χ0v) is 27.5. The topological polar surface area (TPSA) is 108 Å². The number of esters is 1. The number of nitrogens with zero attached hydrogens (tertiary/aromatic N) is 2. The lowest BCUT2D eigenvalue weighted by atomic mass is 9.43. The van der Waals surface area contributed by atoms with Gasteiger partial charge in [0, 0.05) is 50.1 Å². The predicted octanol–water partition coefficient (Wildman–Crippen LogP) is 5.52. The largest absolute Gasteiger partial charge is 0.462 e. The molecule has 0 aromatic heterocycles. The Hall–Kier alpha value is -3.07. The van der Waals surface area contributed by atoms with Crippen molar-refractivity contribution in [2.75, 3.05) is 32.8 Å². The minimum absolute atomic E-state index is 0.0806. The first-order valence-electron chi connectivity index (χ1n) is 17.7. The van der Waals surface area contributed by atoms with Crippen LogP contribution in [0.1, 0.15) is 77.2 Å². The van der Waals surface area contributed by atoms with Gasteiger partial charge in [-0.2, -0.15) is 0 Å². The molecule has 1 saturated heterocycles. The van der Waals surface area contributed by atoms with Crippen molar-refractivity contribution in [2.24, 2.45) is 40.4 Å². The van der Waals surface area contributed by atoms with E-state index in [0.29, 0.717) is 57.1 Å². The van der Waals surface area contributed by atoms with Gasteiger partial charge in [0.1, 0.15) is 6.10 Å². The van der Waals surface area contributed by atoms with Gasteiger partial charge < -0.3 is 29.7 Å². The van der Waals surface area contributed by atoms with Gasteiger partial charge in [0.15, 0.2) is 0 Å². The van der Waals surface area contributed by atoms with Crippen molar-refractivity contribution in [3.05, 3.63) is 48.0 Å². The van der Waals surface area contributed by atoms with Crippen molar-refractivity contribution in [3.8, 4) is 0 Å². The second kappa shape index (κ2) is 12.2. The summed E-state index contributed by atoms with van der Waals surface area (Å²) in [5.74, 6) is 1.50. The Morgan fingerprint density at radius 3 is 2.41 bits per heavy atom. The molecule has 9 atom stereocenters. The summed E-state index contributed by atoms with van der Waals surface area (Å²) < 4.78 is 11.5. The van der Waals surface area contributed by atoms with Crippen LogP contribution in [0.3, 0.4) is 0 Å². The van der Waals surface area contributed by atoms with Crippen LogP contribution < -0.4 is 5.32 Å². The van der Waals surface area contributed by atoms with Crippen LogP contribution in [0.2, 0.25) is 0 Å². The van der Waals surface area contributed by atoms with Crippen molar-refractivity contribution < 1.29 is 29.0 Å². The quantitative estimate of drug-likeness (QED) is 0.423. The Morgan fingerprint density at radius 2 is 1.67 bits per heavy atom. The van der Waals surface area contributed by atoms with Crippen LogP contribution in [-0.2, 0) is 20.8 Å². The van der Waals surface area contributed by atoms with Crippen LogP contribution in [0.15, 0.2) is 42.5 Å². The van der Waals surface area contributed by atoms with E-state index in [-0.39, 0.29) is 46.9 Å². The molecular formula is C37H51N3O6. The minimum atomic E-state index is -0.687. The zero-order chi connectivity index (χ0) is 32.1. The summed E-state index contributed by atoms with van der Waals surface area (Å²) in [6, 6.07) is 9.76. The minimum Gasteiger partial charge on any atom is -0.462 e. The molecule has 1 aromatic carbocycles. The third kappa shape index (κ3) is 5.40. The molecule has 9 heteroatoms. The molecule has 9 nitrogen and oxygen atoms in total. The number of urea groups is 1. The number of aliphatic hydroxyl groups is 1. The van der Waals surface area contributed by atoms with E-state index in [2.05, 4.69) is 19.2 Å². The third-order valence-electron chi connectivity index (χ3n) is 13.7. The summed E-state index contributed by atoms with van der Waals surface area (Å²) in [5.41, 5.74) is 0.339. The lowest BCUT2D eigenvalue weighted by Crippen LogP contribution is -2.62. The molecule has 5 fully saturated rings. The second-order valence-corrected chi connectivity index (χ2v) is 15.6. The number of carbonyl (C=O) groups is 3. The molecule has 46 heavy (non-hydrogen) atoms. The van der Waals surface area contributed by atoms with Gasteiger partial charge in [0.05, 0.1) is 12.2 Å². The maximum atomic E-state index is 13.2. The van der Waals surface area contributed by atoms with Crippen molar-refractivity contribution in [1.82, 2.24) is 15.1 Å². The molecule has 0 spiro atoms. The first kappa shape index (κ1) is 31.5. The SMILES string of the molecule is C[C@]12CC[C@H](OC(=O)N3CCN(C(=O)NCc4ccccc4)CC3)C[C@H]1CC[C@@H]1[C@@H]2CC[C@]2(C)[C@@H](C3C=CC(=O)OC3)CC[C@]12O. The number of amides is 3. The molecule has 3 amide bonds. The molecule has 7 rings (SSSR count). The monoisotopic (exact) mass is 633 g/mol. The van der Waals surface area contributed by atoms with E-state index in [1.165, 1.54) is 0 Å². The lowest BCUT2D eigenvalue weighted by Gasteiger charge is -2.64. The highest BCUT2D eigenvalue weighted by Gasteiger charge is 2.68. The lowest BCUT2D eigenvalue weighted by molar-refractivity contribution is -0.213. The average Bonchev–Trinajstić information content (AvgIpc) is 3.35. The van der Waals surface area contributed by atoms with E-state index in [9.17, 15) is 19.5 Å². The molecule has 2 N–H and O–H groups in total. The van der Waals surface area contributed by atoms with Crippen LogP contribution in [-0.4, -0.2) is 77.5 Å². The summed E-state index contributed by atoms with van der Waals surface area (Å²) in [6.07, 6.45) is 12.1. The molecule has 250 valence electrons. The fourth-order valence-corrected chi connectivity index (χ4v) is 10.9. The molecule has 0 bridgehead atoms. The van der Waals surface area contributed by atoms with Gasteiger partial charge in [-0.3, -0.25) is 0 Å². The fraction of sp³-hybridized carbons (Fsp3) is 0.703. The Morgan fingerprint density at radius 1 is 0.935 bits per heavy atom. The molecular weight excluding hydrogens is 582 g/mol. The van der Waals surface area contributed by atoms with Gasteiger partial charge in [-0.15, -0.1) is 0 Å². The normalized spacial score (nSPS) is 40.3. The van der Waals surface area contributed by atoms with Gasteiger partial charge in [-0.1, -0.05) is 50.3 Å². The Labute approximate surface area is 273 Å². The molecule has 1 unspecified atom stereocenters. The first-order valence-corrected chi connectivity index (χ1v) is 17.7. The van der Waals surface area contributed by atoms with E-state index >= 15 is 0 Å². The van der Waals surface area contributed by atoms with Crippen LogP contribution in [0.5, 0.6) is 0 Å². The molecule has 4 aliphatic carbocycles. The summed E-state index contributed by atoms with van der Waals surface area (Å²) >= 11 is 0. The smallest absolute Gasteiger partial charge is 0.410 e. The van der Waals surface area contributed by atoms with Crippen LogP contribution >= 0.6 is 0 Å². The van der Waals surface area contributed by atoms with Crippen LogP contribution in [0.4, 0.5) is 9.59 Å². The summed E-state index contributed by atoms with van der Waals surface area (Å²) in [5, 5.41) is 15.5. The molecule has 4 saturated carbocycles. The van der Waals surface area contributed by atoms with Crippen molar-refractivity contribution in [2.45, 2.75) is 89.9 Å². The van der Waals surface area contributed by atoms with E-state index < -0.39 is 5.60 Å². The van der Waals surface area contributed by atoms with Crippen molar-refractivity contribution >= 4 is 18.1 Å². The number of hydrogen-bond acceptors (Lipinski definition) is 6. The number of cyclic esters (lactones) is 1. The number of ether oxygens (including phenoxy) is 2. The molecule has 1 aromatic rings. The Kier molecular flexibility index (Phi) is 8.35. The zero-order valence-electron chi connectivity index (χ0n) is 27.5.